The monoisotopic (exact) mass is 245 g/mol. The van der Waals surface area contributed by atoms with Crippen molar-refractivity contribution in [1.82, 2.24) is 0 Å². The Balaban J connectivity index is 2.94. The summed E-state index contributed by atoms with van der Waals surface area (Å²) in [4.78, 5) is 11.7. The topological polar surface area (TPSA) is 38.3 Å². The minimum atomic E-state index is -1.04. The quantitative estimate of drug-likeness (QED) is 0.889. The van der Waals surface area contributed by atoms with Crippen LogP contribution in [0.1, 0.15) is 13.8 Å². The van der Waals surface area contributed by atoms with Crippen molar-refractivity contribution < 1.29 is 13.9 Å². The summed E-state index contributed by atoms with van der Waals surface area (Å²) in [7, 11) is 1.41. The van der Waals surface area contributed by atoms with Crippen molar-refractivity contribution in [3.8, 4) is 0 Å². The molecule has 0 bridgehead atoms. The Morgan fingerprint density at radius 1 is 1.50 bits per heavy atom. The van der Waals surface area contributed by atoms with Crippen LogP contribution in [0.5, 0.6) is 0 Å². The number of ether oxygens (including phenoxy) is 1. The van der Waals surface area contributed by atoms with Gasteiger partial charge in [-0.05, 0) is 26.0 Å². The van der Waals surface area contributed by atoms with Gasteiger partial charge in [-0.1, -0.05) is 17.7 Å². The molecule has 1 amide bonds. The first-order valence-electron chi connectivity index (χ1n) is 4.69. The fraction of sp³-hybridized carbons (Fsp3) is 0.364. The van der Waals surface area contributed by atoms with Crippen LogP contribution >= 0.6 is 11.6 Å². The van der Waals surface area contributed by atoms with E-state index in [0.29, 0.717) is 0 Å². The Hall–Kier alpha value is -1.13. The van der Waals surface area contributed by atoms with Gasteiger partial charge in [0.15, 0.2) is 0 Å². The van der Waals surface area contributed by atoms with E-state index in [9.17, 15) is 9.18 Å². The maximum atomic E-state index is 13.4. The van der Waals surface area contributed by atoms with E-state index in [4.69, 9.17) is 16.3 Å². The van der Waals surface area contributed by atoms with Crippen molar-refractivity contribution in [2.24, 2.45) is 0 Å². The van der Waals surface area contributed by atoms with Gasteiger partial charge in [0.2, 0.25) is 0 Å². The summed E-state index contributed by atoms with van der Waals surface area (Å²) < 4.78 is 18.3. The number of hydrogen-bond donors (Lipinski definition) is 1. The Morgan fingerprint density at radius 3 is 2.62 bits per heavy atom. The summed E-state index contributed by atoms with van der Waals surface area (Å²) >= 11 is 5.77. The van der Waals surface area contributed by atoms with Crippen LogP contribution in [0.2, 0.25) is 5.02 Å². The molecule has 0 radical (unpaired) electrons. The molecule has 0 fully saturated rings. The molecular weight excluding hydrogens is 233 g/mol. The zero-order chi connectivity index (χ0) is 12.3. The second kappa shape index (κ2) is 4.80. The third-order valence-electron chi connectivity index (χ3n) is 2.26. The Morgan fingerprint density at radius 2 is 2.12 bits per heavy atom. The number of carbonyl (C=O) groups is 1. The van der Waals surface area contributed by atoms with Crippen molar-refractivity contribution in [2.75, 3.05) is 12.4 Å². The second-order valence-corrected chi connectivity index (χ2v) is 4.17. The molecule has 0 aliphatic carbocycles. The number of anilines is 1. The maximum absolute atomic E-state index is 13.4. The number of para-hydroxylation sites is 1. The molecule has 0 aliphatic rings. The van der Waals surface area contributed by atoms with Gasteiger partial charge in [-0.2, -0.15) is 0 Å². The number of nitrogens with one attached hydrogen (secondary N) is 1. The zero-order valence-electron chi connectivity index (χ0n) is 9.30. The van der Waals surface area contributed by atoms with Crippen LogP contribution in [0.15, 0.2) is 18.2 Å². The highest BCUT2D eigenvalue weighted by Gasteiger charge is 2.28. The molecule has 0 unspecified atom stereocenters. The van der Waals surface area contributed by atoms with Crippen LogP contribution in [0.25, 0.3) is 0 Å². The van der Waals surface area contributed by atoms with Crippen LogP contribution in [-0.2, 0) is 9.53 Å². The predicted octanol–water partition coefficient (Wildman–Crippen LogP) is 2.84. The van der Waals surface area contributed by atoms with E-state index >= 15 is 0 Å². The molecule has 1 N–H and O–H groups in total. The molecule has 0 saturated carbocycles. The maximum Gasteiger partial charge on any atom is 0.256 e. The number of methoxy groups -OCH3 is 1. The van der Waals surface area contributed by atoms with Crippen molar-refractivity contribution >= 4 is 23.2 Å². The first kappa shape index (κ1) is 12.9. The third-order valence-corrected chi connectivity index (χ3v) is 2.57. The van der Waals surface area contributed by atoms with E-state index in [-0.39, 0.29) is 10.7 Å². The highest BCUT2D eigenvalue weighted by atomic mass is 35.5. The van der Waals surface area contributed by atoms with Crippen LogP contribution in [0, 0.1) is 5.82 Å². The number of rotatable bonds is 3. The third kappa shape index (κ3) is 2.71. The molecule has 1 aromatic carbocycles. The zero-order valence-corrected chi connectivity index (χ0v) is 10.1. The minimum Gasteiger partial charge on any atom is -0.369 e. The summed E-state index contributed by atoms with van der Waals surface area (Å²) in [5.74, 6) is -1.03. The van der Waals surface area contributed by atoms with Gasteiger partial charge in [0.05, 0.1) is 10.7 Å². The van der Waals surface area contributed by atoms with E-state index < -0.39 is 17.3 Å². The average molecular weight is 246 g/mol. The van der Waals surface area contributed by atoms with Gasteiger partial charge in [0.1, 0.15) is 11.4 Å². The van der Waals surface area contributed by atoms with Gasteiger partial charge < -0.3 is 10.1 Å². The second-order valence-electron chi connectivity index (χ2n) is 3.77. The molecule has 0 aliphatic heterocycles. The first-order valence-corrected chi connectivity index (χ1v) is 5.07. The lowest BCUT2D eigenvalue weighted by Crippen LogP contribution is -2.39. The normalized spacial score (nSPS) is 11.3. The van der Waals surface area contributed by atoms with Gasteiger partial charge >= 0.3 is 0 Å². The molecule has 3 nitrogen and oxygen atoms in total. The van der Waals surface area contributed by atoms with Gasteiger partial charge in [0.25, 0.3) is 5.91 Å². The Kier molecular flexibility index (Phi) is 3.88. The van der Waals surface area contributed by atoms with E-state index in [2.05, 4.69) is 5.32 Å². The molecule has 1 rings (SSSR count). The molecule has 5 heteroatoms. The highest BCUT2D eigenvalue weighted by Crippen LogP contribution is 2.25. The van der Waals surface area contributed by atoms with Crippen molar-refractivity contribution in [2.45, 2.75) is 19.4 Å². The predicted molar refractivity (Wildman–Crippen MR) is 61.1 cm³/mol. The first-order chi connectivity index (χ1) is 7.38. The van der Waals surface area contributed by atoms with Gasteiger partial charge in [-0.3, -0.25) is 4.79 Å². The summed E-state index contributed by atoms with van der Waals surface area (Å²) in [6, 6.07) is 4.19. The smallest absolute Gasteiger partial charge is 0.256 e. The molecule has 16 heavy (non-hydrogen) atoms. The summed E-state index contributed by atoms with van der Waals surface area (Å²) in [5.41, 5.74) is -1.06. The Labute approximate surface area is 98.5 Å². The van der Waals surface area contributed by atoms with Gasteiger partial charge in [-0.15, -0.1) is 0 Å². The summed E-state index contributed by atoms with van der Waals surface area (Å²) in [6.45, 7) is 3.16. The van der Waals surface area contributed by atoms with Gasteiger partial charge in [-0.25, -0.2) is 4.39 Å². The highest BCUT2D eigenvalue weighted by molar-refractivity contribution is 6.33. The number of hydrogen-bond acceptors (Lipinski definition) is 2. The lowest BCUT2D eigenvalue weighted by molar-refractivity contribution is -0.133. The van der Waals surface area contributed by atoms with E-state index in [0.717, 1.165) is 0 Å². The van der Waals surface area contributed by atoms with Crippen LogP contribution in [0.3, 0.4) is 0 Å². The fourth-order valence-corrected chi connectivity index (χ4v) is 1.18. The standard InChI is InChI=1S/C11H13ClFNO2/c1-11(2,16-3)10(15)14-9-7(12)5-4-6-8(9)13/h4-6H,1-3H3,(H,14,15). The SMILES string of the molecule is COC(C)(C)C(=O)Nc1c(F)cccc1Cl. The largest absolute Gasteiger partial charge is 0.369 e. The molecular formula is C11H13ClFNO2. The van der Waals surface area contributed by atoms with Crippen LogP contribution < -0.4 is 5.32 Å². The molecule has 0 spiro atoms. The molecule has 0 heterocycles. The Bertz CT molecular complexity index is 387. The van der Waals surface area contributed by atoms with E-state index in [1.165, 1.54) is 25.3 Å². The molecule has 0 atom stereocenters. The number of amides is 1. The van der Waals surface area contributed by atoms with E-state index in [1.54, 1.807) is 13.8 Å². The number of carbonyl (C=O) groups excluding carboxylic acids is 1. The van der Waals surface area contributed by atoms with Crippen molar-refractivity contribution in [1.29, 1.82) is 0 Å². The van der Waals surface area contributed by atoms with E-state index in [1.807, 2.05) is 0 Å². The lowest BCUT2D eigenvalue weighted by Gasteiger charge is -2.22. The van der Waals surface area contributed by atoms with Crippen LogP contribution in [0.4, 0.5) is 10.1 Å². The molecule has 1 aromatic rings. The summed E-state index contributed by atoms with van der Waals surface area (Å²) in [5, 5.41) is 2.55. The molecule has 0 saturated heterocycles. The number of halogens is 2. The van der Waals surface area contributed by atoms with Crippen LogP contribution in [-0.4, -0.2) is 18.6 Å². The molecule has 88 valence electrons. The van der Waals surface area contributed by atoms with Gasteiger partial charge in [0, 0.05) is 7.11 Å². The minimum absolute atomic E-state index is 0.0284. The lowest BCUT2D eigenvalue weighted by atomic mass is 10.1. The van der Waals surface area contributed by atoms with Crippen molar-refractivity contribution in [3.63, 3.8) is 0 Å². The number of benzene rings is 1. The van der Waals surface area contributed by atoms with Crippen molar-refractivity contribution in [3.05, 3.63) is 29.0 Å². The molecule has 0 aromatic heterocycles. The average Bonchev–Trinajstić information content (AvgIpc) is 2.23. The summed E-state index contributed by atoms with van der Waals surface area (Å²) in [6.07, 6.45) is 0. The fourth-order valence-electron chi connectivity index (χ4n) is 0.974.